The fourth-order valence-electron chi connectivity index (χ4n) is 2.34. The largest absolute Gasteiger partial charge is 0.328 e. The van der Waals surface area contributed by atoms with E-state index in [4.69, 9.17) is 5.73 Å². The zero-order chi connectivity index (χ0) is 12.4. The summed E-state index contributed by atoms with van der Waals surface area (Å²) in [7, 11) is 0. The van der Waals surface area contributed by atoms with Crippen LogP contribution in [0.2, 0.25) is 0 Å². The topological polar surface area (TPSA) is 29.3 Å². The van der Waals surface area contributed by atoms with Gasteiger partial charge in [-0.3, -0.25) is 4.90 Å². The van der Waals surface area contributed by atoms with Crippen molar-refractivity contribution < 1.29 is 4.39 Å². The van der Waals surface area contributed by atoms with Crippen LogP contribution >= 0.6 is 28.3 Å². The molecule has 2 unspecified atom stereocenters. The molecule has 2 N–H and O–H groups in total. The van der Waals surface area contributed by atoms with Gasteiger partial charge in [0, 0.05) is 23.6 Å². The lowest BCUT2D eigenvalue weighted by Gasteiger charge is -2.18. The summed E-state index contributed by atoms with van der Waals surface area (Å²) in [6.45, 7) is 4.92. The van der Waals surface area contributed by atoms with Gasteiger partial charge in [-0.15, -0.1) is 12.4 Å². The van der Waals surface area contributed by atoms with Crippen LogP contribution in [-0.4, -0.2) is 24.0 Å². The van der Waals surface area contributed by atoms with E-state index >= 15 is 0 Å². The molecule has 2 rings (SSSR count). The van der Waals surface area contributed by atoms with Gasteiger partial charge in [-0.2, -0.15) is 0 Å². The van der Waals surface area contributed by atoms with Crippen LogP contribution in [0.1, 0.15) is 18.9 Å². The van der Waals surface area contributed by atoms with Gasteiger partial charge < -0.3 is 5.73 Å². The minimum Gasteiger partial charge on any atom is -0.328 e. The van der Waals surface area contributed by atoms with Crippen molar-refractivity contribution in [1.82, 2.24) is 4.90 Å². The summed E-state index contributed by atoms with van der Waals surface area (Å²) in [4.78, 5) is 2.34. The summed E-state index contributed by atoms with van der Waals surface area (Å²) in [5.41, 5.74) is 6.92. The molecule has 0 aliphatic carbocycles. The van der Waals surface area contributed by atoms with E-state index in [-0.39, 0.29) is 24.3 Å². The third kappa shape index (κ3) is 3.92. The van der Waals surface area contributed by atoms with E-state index in [1.807, 2.05) is 0 Å². The first kappa shape index (κ1) is 15.9. The van der Waals surface area contributed by atoms with Crippen LogP contribution < -0.4 is 5.73 Å². The van der Waals surface area contributed by atoms with Crippen molar-refractivity contribution in [3.8, 4) is 0 Å². The first-order valence-corrected chi connectivity index (χ1v) is 6.77. The molecular formula is C13H19BrClFN2. The maximum absolute atomic E-state index is 13.2. The van der Waals surface area contributed by atoms with E-state index in [0.29, 0.717) is 5.92 Å². The van der Waals surface area contributed by atoms with Crippen molar-refractivity contribution >= 4 is 28.3 Å². The molecule has 0 amide bonds. The molecule has 1 saturated heterocycles. The fourth-order valence-corrected chi connectivity index (χ4v) is 2.71. The summed E-state index contributed by atoms with van der Waals surface area (Å²) in [5, 5.41) is 0. The van der Waals surface area contributed by atoms with E-state index in [0.717, 1.165) is 36.1 Å². The quantitative estimate of drug-likeness (QED) is 0.918. The lowest BCUT2D eigenvalue weighted by atomic mass is 10.0. The number of halogens is 3. The molecule has 102 valence electrons. The van der Waals surface area contributed by atoms with E-state index < -0.39 is 0 Å². The highest BCUT2D eigenvalue weighted by Crippen LogP contribution is 2.24. The van der Waals surface area contributed by atoms with Crippen LogP contribution in [-0.2, 0) is 6.54 Å². The summed E-state index contributed by atoms with van der Waals surface area (Å²) in [5.74, 6) is 0.397. The fraction of sp³-hybridized carbons (Fsp3) is 0.538. The highest BCUT2D eigenvalue weighted by atomic mass is 79.9. The summed E-state index contributed by atoms with van der Waals surface area (Å²) in [6.07, 6.45) is 1.14. The van der Waals surface area contributed by atoms with Gasteiger partial charge in [0.15, 0.2) is 0 Å². The number of rotatable bonds is 3. The SMILES string of the molecule is CC(N)C1CCN(Cc2cc(F)ccc2Br)C1.Cl. The third-order valence-electron chi connectivity index (χ3n) is 3.45. The average Bonchev–Trinajstić information content (AvgIpc) is 2.72. The molecule has 18 heavy (non-hydrogen) atoms. The molecule has 0 spiro atoms. The minimum absolute atomic E-state index is 0. The molecule has 1 aromatic carbocycles. The lowest BCUT2D eigenvalue weighted by molar-refractivity contribution is 0.307. The summed E-state index contributed by atoms with van der Waals surface area (Å²) in [6, 6.07) is 5.09. The normalized spacial score (nSPS) is 21.7. The second-order valence-corrected chi connectivity index (χ2v) is 5.73. The molecule has 0 aromatic heterocycles. The Morgan fingerprint density at radius 1 is 1.56 bits per heavy atom. The van der Waals surface area contributed by atoms with Gasteiger partial charge in [0.2, 0.25) is 0 Å². The Morgan fingerprint density at radius 2 is 2.28 bits per heavy atom. The molecular weight excluding hydrogens is 319 g/mol. The van der Waals surface area contributed by atoms with Crippen molar-refractivity contribution in [2.75, 3.05) is 13.1 Å². The molecule has 5 heteroatoms. The van der Waals surface area contributed by atoms with E-state index in [9.17, 15) is 4.39 Å². The monoisotopic (exact) mass is 336 g/mol. The lowest BCUT2D eigenvalue weighted by Crippen LogP contribution is -2.29. The van der Waals surface area contributed by atoms with E-state index in [1.165, 1.54) is 6.07 Å². The van der Waals surface area contributed by atoms with Crippen molar-refractivity contribution in [2.24, 2.45) is 11.7 Å². The number of nitrogens with two attached hydrogens (primary N) is 1. The molecule has 0 saturated carbocycles. The van der Waals surface area contributed by atoms with Gasteiger partial charge in [-0.05, 0) is 49.6 Å². The van der Waals surface area contributed by atoms with Crippen molar-refractivity contribution in [2.45, 2.75) is 25.9 Å². The van der Waals surface area contributed by atoms with Gasteiger partial charge in [-0.1, -0.05) is 15.9 Å². The maximum atomic E-state index is 13.2. The maximum Gasteiger partial charge on any atom is 0.123 e. The Bertz CT molecular complexity index is 401. The summed E-state index contributed by atoms with van der Waals surface area (Å²) < 4.78 is 14.1. The van der Waals surface area contributed by atoms with Crippen molar-refractivity contribution in [1.29, 1.82) is 0 Å². The molecule has 0 radical (unpaired) electrons. The van der Waals surface area contributed by atoms with Crippen LogP contribution in [0.15, 0.2) is 22.7 Å². The standard InChI is InChI=1S/C13H18BrFN2.ClH/c1-9(16)10-4-5-17(7-10)8-11-6-12(15)2-3-13(11)14;/h2-3,6,9-10H,4-5,7-8,16H2,1H3;1H. The predicted molar refractivity (Wildman–Crippen MR) is 78.4 cm³/mol. The van der Waals surface area contributed by atoms with Crippen LogP contribution in [0.5, 0.6) is 0 Å². The molecule has 1 aliphatic rings. The number of benzene rings is 1. The number of hydrogen-bond acceptors (Lipinski definition) is 2. The molecule has 0 bridgehead atoms. The Balaban J connectivity index is 0.00000162. The number of nitrogens with zero attached hydrogens (tertiary/aromatic N) is 1. The number of likely N-dealkylation sites (tertiary alicyclic amines) is 1. The van der Waals surface area contributed by atoms with Crippen molar-refractivity contribution in [3.63, 3.8) is 0 Å². The van der Waals surface area contributed by atoms with Crippen LogP contribution in [0.25, 0.3) is 0 Å². The Morgan fingerprint density at radius 3 is 2.89 bits per heavy atom. The zero-order valence-electron chi connectivity index (χ0n) is 10.4. The zero-order valence-corrected chi connectivity index (χ0v) is 12.8. The molecule has 2 nitrogen and oxygen atoms in total. The smallest absolute Gasteiger partial charge is 0.123 e. The molecule has 1 aliphatic heterocycles. The van der Waals surface area contributed by atoms with Crippen molar-refractivity contribution in [3.05, 3.63) is 34.1 Å². The Hall–Kier alpha value is -0.160. The number of hydrogen-bond donors (Lipinski definition) is 1. The Labute approximate surface area is 122 Å². The highest BCUT2D eigenvalue weighted by molar-refractivity contribution is 9.10. The minimum atomic E-state index is -0.175. The van der Waals surface area contributed by atoms with E-state index in [2.05, 4.69) is 27.8 Å². The van der Waals surface area contributed by atoms with Gasteiger partial charge >= 0.3 is 0 Å². The van der Waals surface area contributed by atoms with Gasteiger partial charge in [-0.25, -0.2) is 4.39 Å². The first-order valence-electron chi connectivity index (χ1n) is 5.98. The molecule has 1 aromatic rings. The van der Waals surface area contributed by atoms with Crippen LogP contribution in [0.4, 0.5) is 4.39 Å². The predicted octanol–water partition coefficient (Wildman–Crippen LogP) is 3.18. The highest BCUT2D eigenvalue weighted by Gasteiger charge is 2.25. The second-order valence-electron chi connectivity index (χ2n) is 4.88. The van der Waals surface area contributed by atoms with Gasteiger partial charge in [0.05, 0.1) is 0 Å². The Kier molecular flexibility index (Phi) is 6.05. The van der Waals surface area contributed by atoms with Gasteiger partial charge in [0.1, 0.15) is 5.82 Å². The second kappa shape index (κ2) is 6.85. The molecule has 2 atom stereocenters. The third-order valence-corrected chi connectivity index (χ3v) is 4.23. The van der Waals surface area contributed by atoms with E-state index in [1.54, 1.807) is 12.1 Å². The van der Waals surface area contributed by atoms with Gasteiger partial charge in [0.25, 0.3) is 0 Å². The average molecular weight is 338 g/mol. The van der Waals surface area contributed by atoms with Crippen LogP contribution in [0.3, 0.4) is 0 Å². The molecule has 1 fully saturated rings. The molecule has 1 heterocycles. The first-order chi connectivity index (χ1) is 8.06. The van der Waals surface area contributed by atoms with Crippen LogP contribution in [0, 0.1) is 11.7 Å². The summed E-state index contributed by atoms with van der Waals surface area (Å²) >= 11 is 3.46.